The van der Waals surface area contributed by atoms with E-state index in [-0.39, 0.29) is 24.2 Å². The predicted octanol–water partition coefficient (Wildman–Crippen LogP) is 3.17. The zero-order valence-corrected chi connectivity index (χ0v) is 14.1. The fourth-order valence-corrected chi connectivity index (χ4v) is 2.07. The van der Waals surface area contributed by atoms with Crippen LogP contribution in [0.3, 0.4) is 0 Å². The third-order valence-electron chi connectivity index (χ3n) is 3.31. The number of hydrogen-bond donors (Lipinski definition) is 2. The summed E-state index contributed by atoms with van der Waals surface area (Å²) in [7, 11) is 1.83. The summed E-state index contributed by atoms with van der Waals surface area (Å²) in [6.45, 7) is 6.40. The Morgan fingerprint density at radius 1 is 1.36 bits per heavy atom. The highest BCUT2D eigenvalue weighted by molar-refractivity contribution is 5.93. The molecular weight excluding hydrogens is 302 g/mol. The fourth-order valence-electron chi connectivity index (χ4n) is 2.07. The molecule has 0 aliphatic carbocycles. The third kappa shape index (κ3) is 4.32. The highest BCUT2D eigenvalue weighted by Crippen LogP contribution is 2.26. The van der Waals surface area contributed by atoms with Crippen molar-refractivity contribution in [2.45, 2.75) is 20.8 Å². The van der Waals surface area contributed by atoms with Gasteiger partial charge in [0.05, 0.1) is 5.69 Å². The molecule has 0 aliphatic rings. The molecular formula is C16H22ClN3O2. The first-order chi connectivity index (χ1) is 10.0. The molecule has 0 radical (unpaired) electrons. The van der Waals surface area contributed by atoms with Gasteiger partial charge in [-0.25, -0.2) is 4.98 Å². The molecule has 0 fully saturated rings. The van der Waals surface area contributed by atoms with Crippen LogP contribution < -0.4 is 10.6 Å². The Hall–Kier alpha value is -1.85. The van der Waals surface area contributed by atoms with Crippen molar-refractivity contribution in [2.75, 3.05) is 18.9 Å². The van der Waals surface area contributed by atoms with Crippen molar-refractivity contribution < 1.29 is 9.21 Å². The molecule has 1 heterocycles. The number of nitrogens with zero attached hydrogens (tertiary/aromatic N) is 1. The zero-order valence-electron chi connectivity index (χ0n) is 13.3. The highest BCUT2D eigenvalue weighted by Gasteiger charge is 2.14. The van der Waals surface area contributed by atoms with Crippen molar-refractivity contribution in [3.63, 3.8) is 0 Å². The second kappa shape index (κ2) is 7.96. The van der Waals surface area contributed by atoms with E-state index in [1.54, 1.807) is 6.26 Å². The Morgan fingerprint density at radius 2 is 2.09 bits per heavy atom. The maximum Gasteiger partial charge on any atom is 0.228 e. The average molecular weight is 324 g/mol. The summed E-state index contributed by atoms with van der Waals surface area (Å²) in [6, 6.07) is 5.73. The van der Waals surface area contributed by atoms with Gasteiger partial charge >= 0.3 is 0 Å². The van der Waals surface area contributed by atoms with E-state index in [2.05, 4.69) is 15.6 Å². The van der Waals surface area contributed by atoms with Crippen LogP contribution in [-0.2, 0) is 4.79 Å². The molecule has 0 saturated carbocycles. The van der Waals surface area contributed by atoms with Gasteiger partial charge in [-0.2, -0.15) is 0 Å². The SMILES string of the molecule is CNCC(C)C(=O)Nc1ccc(C)c(-c2nc(C)co2)c1.Cl. The van der Waals surface area contributed by atoms with Gasteiger partial charge in [-0.15, -0.1) is 12.4 Å². The Kier molecular flexibility index (Phi) is 6.59. The normalized spacial score (nSPS) is 11.6. The van der Waals surface area contributed by atoms with E-state index in [0.29, 0.717) is 12.4 Å². The first-order valence-electron chi connectivity index (χ1n) is 7.00. The first-order valence-corrected chi connectivity index (χ1v) is 7.00. The molecule has 1 amide bonds. The maximum atomic E-state index is 12.0. The molecule has 1 aromatic carbocycles. The molecule has 2 rings (SSSR count). The summed E-state index contributed by atoms with van der Waals surface area (Å²) in [5.41, 5.74) is 3.53. The maximum absolute atomic E-state index is 12.0. The molecule has 1 aromatic heterocycles. The lowest BCUT2D eigenvalue weighted by Gasteiger charge is -2.12. The lowest BCUT2D eigenvalue weighted by atomic mass is 10.1. The monoisotopic (exact) mass is 323 g/mol. The largest absolute Gasteiger partial charge is 0.444 e. The first kappa shape index (κ1) is 18.2. The molecule has 0 bridgehead atoms. The molecule has 120 valence electrons. The van der Waals surface area contributed by atoms with Gasteiger partial charge in [-0.05, 0) is 38.6 Å². The van der Waals surface area contributed by atoms with Crippen molar-refractivity contribution in [1.82, 2.24) is 10.3 Å². The number of amides is 1. The Bertz CT molecular complexity index is 640. The van der Waals surface area contributed by atoms with Gasteiger partial charge in [0, 0.05) is 23.7 Å². The average Bonchev–Trinajstić information content (AvgIpc) is 2.87. The van der Waals surface area contributed by atoms with Gasteiger partial charge in [-0.3, -0.25) is 4.79 Å². The van der Waals surface area contributed by atoms with E-state index >= 15 is 0 Å². The van der Waals surface area contributed by atoms with Crippen LogP contribution in [0.15, 0.2) is 28.9 Å². The Labute approximate surface area is 136 Å². The number of anilines is 1. The number of carbonyl (C=O) groups excluding carboxylic acids is 1. The standard InChI is InChI=1S/C16H21N3O2.ClH/c1-10-5-6-13(19-15(20)11(2)8-17-4)7-14(10)16-18-12(3)9-21-16;/h5-7,9,11,17H,8H2,1-4H3,(H,19,20);1H. The molecule has 0 aliphatic heterocycles. The molecule has 1 atom stereocenters. The van der Waals surface area contributed by atoms with Gasteiger partial charge in [-0.1, -0.05) is 13.0 Å². The van der Waals surface area contributed by atoms with Crippen LogP contribution in [0, 0.1) is 19.8 Å². The number of halogens is 1. The number of aromatic nitrogens is 1. The summed E-state index contributed by atoms with van der Waals surface area (Å²) in [6.07, 6.45) is 1.62. The van der Waals surface area contributed by atoms with E-state index in [1.165, 1.54) is 0 Å². The Morgan fingerprint density at radius 3 is 2.68 bits per heavy atom. The number of hydrogen-bond acceptors (Lipinski definition) is 4. The molecule has 0 spiro atoms. The summed E-state index contributed by atoms with van der Waals surface area (Å²) in [5, 5.41) is 5.92. The second-order valence-corrected chi connectivity index (χ2v) is 5.27. The van der Waals surface area contributed by atoms with Crippen LogP contribution in [0.4, 0.5) is 5.69 Å². The number of nitrogens with one attached hydrogen (secondary N) is 2. The minimum Gasteiger partial charge on any atom is -0.444 e. The van der Waals surface area contributed by atoms with Crippen LogP contribution in [0.1, 0.15) is 18.2 Å². The van der Waals surface area contributed by atoms with Crippen molar-refractivity contribution in [2.24, 2.45) is 5.92 Å². The molecule has 22 heavy (non-hydrogen) atoms. The summed E-state index contributed by atoms with van der Waals surface area (Å²) in [5.74, 6) is 0.468. The van der Waals surface area contributed by atoms with Crippen molar-refractivity contribution in [1.29, 1.82) is 0 Å². The minimum atomic E-state index is -0.0938. The van der Waals surface area contributed by atoms with Crippen LogP contribution in [0.5, 0.6) is 0 Å². The second-order valence-electron chi connectivity index (χ2n) is 5.27. The van der Waals surface area contributed by atoms with Crippen LogP contribution in [0.25, 0.3) is 11.5 Å². The molecule has 0 saturated heterocycles. The van der Waals surface area contributed by atoms with Crippen molar-refractivity contribution in [3.05, 3.63) is 35.7 Å². The van der Waals surface area contributed by atoms with Crippen LogP contribution in [0.2, 0.25) is 0 Å². The van der Waals surface area contributed by atoms with Gasteiger partial charge < -0.3 is 15.1 Å². The summed E-state index contributed by atoms with van der Waals surface area (Å²) in [4.78, 5) is 16.4. The molecule has 5 nitrogen and oxygen atoms in total. The van der Waals surface area contributed by atoms with Crippen molar-refractivity contribution in [3.8, 4) is 11.5 Å². The molecule has 2 N–H and O–H groups in total. The summed E-state index contributed by atoms with van der Waals surface area (Å²) >= 11 is 0. The van der Waals surface area contributed by atoms with Crippen LogP contribution in [-0.4, -0.2) is 24.5 Å². The number of oxazole rings is 1. The van der Waals surface area contributed by atoms with Gasteiger partial charge in [0.1, 0.15) is 6.26 Å². The van der Waals surface area contributed by atoms with E-state index in [4.69, 9.17) is 4.42 Å². The van der Waals surface area contributed by atoms with E-state index in [0.717, 1.165) is 22.5 Å². The fraction of sp³-hybridized carbons (Fsp3) is 0.375. The lowest BCUT2D eigenvalue weighted by molar-refractivity contribution is -0.119. The lowest BCUT2D eigenvalue weighted by Crippen LogP contribution is -2.28. The number of carbonyl (C=O) groups is 1. The summed E-state index contributed by atoms with van der Waals surface area (Å²) < 4.78 is 5.44. The quantitative estimate of drug-likeness (QED) is 0.887. The van der Waals surface area contributed by atoms with Crippen molar-refractivity contribution >= 4 is 24.0 Å². The van der Waals surface area contributed by atoms with Gasteiger partial charge in [0.25, 0.3) is 0 Å². The number of aryl methyl sites for hydroxylation is 2. The van der Waals surface area contributed by atoms with E-state index in [9.17, 15) is 4.79 Å². The molecule has 6 heteroatoms. The molecule has 1 unspecified atom stereocenters. The minimum absolute atomic E-state index is 0. The smallest absolute Gasteiger partial charge is 0.228 e. The van der Waals surface area contributed by atoms with E-state index < -0.39 is 0 Å². The molecule has 2 aromatic rings. The van der Waals surface area contributed by atoms with Gasteiger partial charge in [0.15, 0.2) is 0 Å². The highest BCUT2D eigenvalue weighted by atomic mass is 35.5. The zero-order chi connectivity index (χ0) is 15.4. The van der Waals surface area contributed by atoms with E-state index in [1.807, 2.05) is 46.0 Å². The van der Waals surface area contributed by atoms with Gasteiger partial charge in [0.2, 0.25) is 11.8 Å². The third-order valence-corrected chi connectivity index (χ3v) is 3.31. The number of benzene rings is 1. The van der Waals surface area contributed by atoms with Crippen LogP contribution >= 0.6 is 12.4 Å². The predicted molar refractivity (Wildman–Crippen MR) is 90.4 cm³/mol. The number of rotatable bonds is 5. The Balaban J connectivity index is 0.00000242. The topological polar surface area (TPSA) is 67.2 Å².